The molecule has 0 atom stereocenters. The van der Waals surface area contributed by atoms with Crippen LogP contribution in [0.25, 0.3) is 0 Å². The molecule has 3 rings (SSSR count). The van der Waals surface area contributed by atoms with Gasteiger partial charge in [-0.1, -0.05) is 32.6 Å². The summed E-state index contributed by atoms with van der Waals surface area (Å²) < 4.78 is 0. The van der Waals surface area contributed by atoms with Crippen LogP contribution in [-0.4, -0.2) is 16.5 Å². The van der Waals surface area contributed by atoms with Gasteiger partial charge >= 0.3 is 0 Å². The molecule has 2 aliphatic rings. The Morgan fingerprint density at radius 3 is 2.52 bits per heavy atom. The average molecular weight is 287 g/mol. The molecule has 2 aliphatic carbocycles. The molecule has 0 unspecified atom stereocenters. The van der Waals surface area contributed by atoms with Crippen LogP contribution in [0.4, 0.5) is 5.82 Å². The van der Waals surface area contributed by atoms with Crippen LogP contribution < -0.4 is 5.32 Å². The molecule has 1 aromatic heterocycles. The van der Waals surface area contributed by atoms with Crippen LogP contribution in [-0.2, 0) is 12.8 Å². The molecule has 1 aromatic rings. The van der Waals surface area contributed by atoms with Crippen LogP contribution in [0.2, 0.25) is 0 Å². The van der Waals surface area contributed by atoms with Gasteiger partial charge in [-0.15, -0.1) is 0 Å². The molecule has 0 spiro atoms. The minimum atomic E-state index is 0.606. The number of nitrogens with zero attached hydrogens (tertiary/aromatic N) is 2. The Bertz CT molecular complexity index is 464. The van der Waals surface area contributed by atoms with Crippen LogP contribution in [0, 0.1) is 0 Å². The lowest BCUT2D eigenvalue weighted by Gasteiger charge is -2.22. The van der Waals surface area contributed by atoms with Crippen molar-refractivity contribution >= 4 is 5.82 Å². The molecule has 1 N–H and O–H groups in total. The van der Waals surface area contributed by atoms with Crippen LogP contribution in [0.3, 0.4) is 0 Å². The number of hydrogen-bond acceptors (Lipinski definition) is 3. The van der Waals surface area contributed by atoms with Crippen LogP contribution >= 0.6 is 0 Å². The summed E-state index contributed by atoms with van der Waals surface area (Å²) in [7, 11) is 0. The van der Waals surface area contributed by atoms with Crippen LogP contribution in [0.15, 0.2) is 0 Å². The highest BCUT2D eigenvalue weighted by Gasteiger charge is 2.22. The Morgan fingerprint density at radius 1 is 0.952 bits per heavy atom. The van der Waals surface area contributed by atoms with E-state index in [1.807, 2.05) is 0 Å². The molecule has 0 aliphatic heterocycles. The Morgan fingerprint density at radius 2 is 1.71 bits per heavy atom. The minimum absolute atomic E-state index is 0.606. The lowest BCUT2D eigenvalue weighted by molar-refractivity contribution is 0.427. The van der Waals surface area contributed by atoms with E-state index < -0.39 is 0 Å². The predicted molar refractivity (Wildman–Crippen MR) is 87.9 cm³/mol. The number of rotatable bonds is 4. The van der Waals surface area contributed by atoms with E-state index in [2.05, 4.69) is 12.2 Å². The first-order chi connectivity index (χ1) is 10.4. The second kappa shape index (κ2) is 7.24. The van der Waals surface area contributed by atoms with Crippen molar-refractivity contribution in [3.8, 4) is 0 Å². The van der Waals surface area contributed by atoms with E-state index in [1.165, 1.54) is 62.6 Å². The lowest BCUT2D eigenvalue weighted by Crippen LogP contribution is -2.15. The maximum absolute atomic E-state index is 5.01. The minimum Gasteiger partial charge on any atom is -0.370 e. The highest BCUT2D eigenvalue weighted by atomic mass is 15.0. The van der Waals surface area contributed by atoms with E-state index in [1.54, 1.807) is 0 Å². The van der Waals surface area contributed by atoms with Gasteiger partial charge in [-0.05, 0) is 44.9 Å². The van der Waals surface area contributed by atoms with Gasteiger partial charge in [-0.2, -0.15) is 0 Å². The first kappa shape index (κ1) is 14.8. The van der Waals surface area contributed by atoms with E-state index in [4.69, 9.17) is 9.97 Å². The largest absolute Gasteiger partial charge is 0.370 e. The number of anilines is 1. The molecule has 0 bridgehead atoms. The van der Waals surface area contributed by atoms with E-state index in [0.717, 1.165) is 37.4 Å². The summed E-state index contributed by atoms with van der Waals surface area (Å²) in [6.07, 6.45) is 14.0. The molecule has 1 heterocycles. The first-order valence-electron chi connectivity index (χ1n) is 9.02. The summed E-state index contributed by atoms with van der Waals surface area (Å²) in [6, 6.07) is 0. The van der Waals surface area contributed by atoms with E-state index >= 15 is 0 Å². The molecule has 0 amide bonds. The zero-order valence-corrected chi connectivity index (χ0v) is 13.5. The molecule has 3 nitrogen and oxygen atoms in total. The van der Waals surface area contributed by atoms with Crippen molar-refractivity contribution in [3.05, 3.63) is 17.1 Å². The zero-order valence-electron chi connectivity index (χ0n) is 13.5. The topological polar surface area (TPSA) is 37.8 Å². The van der Waals surface area contributed by atoms with Gasteiger partial charge in [0.05, 0.1) is 0 Å². The Labute approximate surface area is 129 Å². The number of aryl methyl sites for hydroxylation is 1. The molecule has 3 heteroatoms. The summed E-state index contributed by atoms with van der Waals surface area (Å²) in [5, 5.41) is 3.58. The standard InChI is InChI=1S/C18H29N3/c1-2-13-19-18-15-11-7-4-8-12-16(15)20-17(21-18)14-9-5-3-6-10-14/h14H,2-13H2,1H3,(H,19,20,21). The quantitative estimate of drug-likeness (QED) is 0.821. The molecule has 1 saturated carbocycles. The third-order valence-electron chi connectivity index (χ3n) is 4.96. The van der Waals surface area contributed by atoms with Crippen LogP contribution in [0.5, 0.6) is 0 Å². The SMILES string of the molecule is CCCNc1nc(C2CCCCC2)nc2c1CCCCC2. The molecule has 1 fully saturated rings. The van der Waals surface area contributed by atoms with Crippen molar-refractivity contribution in [1.29, 1.82) is 0 Å². The summed E-state index contributed by atoms with van der Waals surface area (Å²) in [5.74, 6) is 2.90. The van der Waals surface area contributed by atoms with Gasteiger partial charge in [0, 0.05) is 23.7 Å². The maximum atomic E-state index is 5.01. The van der Waals surface area contributed by atoms with Gasteiger partial charge in [0.15, 0.2) is 0 Å². The van der Waals surface area contributed by atoms with Gasteiger partial charge in [-0.3, -0.25) is 0 Å². The fourth-order valence-electron chi connectivity index (χ4n) is 3.72. The monoisotopic (exact) mass is 287 g/mol. The maximum Gasteiger partial charge on any atom is 0.134 e. The zero-order chi connectivity index (χ0) is 14.5. The van der Waals surface area contributed by atoms with Crippen LogP contribution in [0.1, 0.15) is 87.7 Å². The molecule has 0 aromatic carbocycles. The van der Waals surface area contributed by atoms with Crippen molar-refractivity contribution in [2.24, 2.45) is 0 Å². The summed E-state index contributed by atoms with van der Waals surface area (Å²) in [6.45, 7) is 3.24. The van der Waals surface area contributed by atoms with Gasteiger partial charge in [0.1, 0.15) is 11.6 Å². The normalized spacial score (nSPS) is 19.9. The Kier molecular flexibility index (Phi) is 5.10. The van der Waals surface area contributed by atoms with Crippen molar-refractivity contribution in [3.63, 3.8) is 0 Å². The highest BCUT2D eigenvalue weighted by molar-refractivity contribution is 5.47. The van der Waals surface area contributed by atoms with Gasteiger partial charge in [0.2, 0.25) is 0 Å². The molecular formula is C18H29N3. The molecule has 21 heavy (non-hydrogen) atoms. The second-order valence-corrected chi connectivity index (χ2v) is 6.68. The molecular weight excluding hydrogens is 258 g/mol. The van der Waals surface area contributed by atoms with Gasteiger partial charge in [-0.25, -0.2) is 9.97 Å². The van der Waals surface area contributed by atoms with Crippen molar-refractivity contribution in [2.75, 3.05) is 11.9 Å². The van der Waals surface area contributed by atoms with E-state index in [9.17, 15) is 0 Å². The number of hydrogen-bond donors (Lipinski definition) is 1. The van der Waals surface area contributed by atoms with Gasteiger partial charge in [0.25, 0.3) is 0 Å². The Balaban J connectivity index is 1.91. The highest BCUT2D eigenvalue weighted by Crippen LogP contribution is 2.33. The summed E-state index contributed by atoms with van der Waals surface area (Å²) >= 11 is 0. The van der Waals surface area contributed by atoms with Crippen molar-refractivity contribution in [1.82, 2.24) is 9.97 Å². The summed E-state index contributed by atoms with van der Waals surface area (Å²) in [4.78, 5) is 9.98. The smallest absolute Gasteiger partial charge is 0.134 e. The summed E-state index contributed by atoms with van der Waals surface area (Å²) in [5.41, 5.74) is 2.77. The predicted octanol–water partition coefficient (Wildman–Crippen LogP) is 4.62. The molecule has 0 radical (unpaired) electrons. The number of fused-ring (bicyclic) bond motifs is 1. The van der Waals surface area contributed by atoms with E-state index in [-0.39, 0.29) is 0 Å². The third kappa shape index (κ3) is 3.56. The molecule has 116 valence electrons. The number of nitrogens with one attached hydrogen (secondary N) is 1. The van der Waals surface area contributed by atoms with E-state index in [0.29, 0.717) is 5.92 Å². The molecule has 0 saturated heterocycles. The average Bonchev–Trinajstić information content (AvgIpc) is 2.78. The number of aromatic nitrogens is 2. The van der Waals surface area contributed by atoms with Gasteiger partial charge < -0.3 is 5.32 Å². The third-order valence-corrected chi connectivity index (χ3v) is 4.96. The second-order valence-electron chi connectivity index (χ2n) is 6.68. The fourth-order valence-corrected chi connectivity index (χ4v) is 3.72. The van der Waals surface area contributed by atoms with Crippen molar-refractivity contribution in [2.45, 2.75) is 83.5 Å². The lowest BCUT2D eigenvalue weighted by atomic mass is 9.88. The first-order valence-corrected chi connectivity index (χ1v) is 9.02. The van der Waals surface area contributed by atoms with Crippen molar-refractivity contribution < 1.29 is 0 Å². The fraction of sp³-hybridized carbons (Fsp3) is 0.778. The Hall–Kier alpha value is -1.12.